The zero-order valence-corrected chi connectivity index (χ0v) is 16.7. The second-order valence-electron chi connectivity index (χ2n) is 6.63. The molecule has 2 amide bonds. The van der Waals surface area contributed by atoms with Crippen molar-refractivity contribution in [3.05, 3.63) is 76.1 Å². The summed E-state index contributed by atoms with van der Waals surface area (Å²) in [5.74, 6) is -0.657. The van der Waals surface area contributed by atoms with E-state index in [-0.39, 0.29) is 23.6 Å². The van der Waals surface area contributed by atoms with E-state index < -0.39 is 11.8 Å². The molecule has 0 spiro atoms. The zero-order chi connectivity index (χ0) is 21.8. The van der Waals surface area contributed by atoms with Gasteiger partial charge in [0.25, 0.3) is 11.8 Å². The number of amides is 2. The van der Waals surface area contributed by atoms with Crippen molar-refractivity contribution in [2.75, 3.05) is 14.2 Å². The fourth-order valence-electron chi connectivity index (χ4n) is 3.03. The Morgan fingerprint density at radius 3 is 2.53 bits per heavy atom. The number of methoxy groups -OCH3 is 1. The Morgan fingerprint density at radius 1 is 1.13 bits per heavy atom. The largest absolute Gasteiger partial charge is 0.493 e. The molecular formula is C23H19FN2O4. The van der Waals surface area contributed by atoms with Gasteiger partial charge in [-0.15, -0.1) is 0 Å². The normalized spacial score (nSPS) is 15.4. The van der Waals surface area contributed by atoms with Gasteiger partial charge in [-0.25, -0.2) is 4.39 Å². The summed E-state index contributed by atoms with van der Waals surface area (Å²) in [6.07, 6.45) is 1.58. The molecular weight excluding hydrogens is 387 g/mol. The number of hydrogen-bond acceptors (Lipinski definition) is 5. The molecule has 30 heavy (non-hydrogen) atoms. The van der Waals surface area contributed by atoms with Crippen LogP contribution in [0.2, 0.25) is 0 Å². The lowest BCUT2D eigenvalue weighted by Crippen LogP contribution is -2.39. The Labute approximate surface area is 173 Å². The van der Waals surface area contributed by atoms with Crippen molar-refractivity contribution >= 4 is 17.9 Å². The highest BCUT2D eigenvalue weighted by Crippen LogP contribution is 2.32. The van der Waals surface area contributed by atoms with Crippen LogP contribution >= 0.6 is 0 Å². The first kappa shape index (κ1) is 20.8. The van der Waals surface area contributed by atoms with E-state index in [1.807, 2.05) is 6.07 Å². The molecule has 0 aromatic heterocycles. The number of ether oxygens (including phenoxy) is 2. The maximum absolute atomic E-state index is 13.8. The number of nitriles is 1. The number of likely N-dealkylation sites (N-methyl/N-ethyl adjacent to an activating group) is 1. The summed E-state index contributed by atoms with van der Waals surface area (Å²) in [7, 11) is 2.81. The monoisotopic (exact) mass is 406 g/mol. The smallest absolute Gasteiger partial charge is 0.271 e. The molecule has 0 saturated carbocycles. The summed E-state index contributed by atoms with van der Waals surface area (Å²) in [6, 6.07) is 13.2. The van der Waals surface area contributed by atoms with Gasteiger partial charge in [-0.05, 0) is 42.3 Å². The standard InChI is InChI=1S/C23H19FN2O4/c1-14-17(22(27)26(2)23(28)18(14)12-25)10-15-8-9-20(21(11-15)29-3)30-13-16-6-4-5-7-19(16)24/h4-11H,13H2,1-3H3/b17-10+. The van der Waals surface area contributed by atoms with E-state index in [2.05, 4.69) is 0 Å². The molecule has 0 bridgehead atoms. The Hall–Kier alpha value is -3.92. The van der Waals surface area contributed by atoms with E-state index in [9.17, 15) is 19.2 Å². The first-order valence-electron chi connectivity index (χ1n) is 9.07. The minimum atomic E-state index is -0.619. The van der Waals surface area contributed by atoms with Crippen LogP contribution in [0.1, 0.15) is 18.1 Å². The van der Waals surface area contributed by atoms with Gasteiger partial charge in [-0.2, -0.15) is 5.26 Å². The molecule has 152 valence electrons. The summed E-state index contributed by atoms with van der Waals surface area (Å²) in [4.78, 5) is 25.5. The lowest BCUT2D eigenvalue weighted by molar-refractivity contribution is -0.138. The van der Waals surface area contributed by atoms with E-state index in [4.69, 9.17) is 9.47 Å². The summed E-state index contributed by atoms with van der Waals surface area (Å²) in [5.41, 5.74) is 1.53. The maximum atomic E-state index is 13.8. The minimum absolute atomic E-state index is 0.0300. The topological polar surface area (TPSA) is 79.6 Å². The molecule has 2 aromatic rings. The molecule has 0 atom stereocenters. The highest BCUT2D eigenvalue weighted by atomic mass is 19.1. The molecule has 0 radical (unpaired) electrons. The Bertz CT molecular complexity index is 1130. The minimum Gasteiger partial charge on any atom is -0.493 e. The first-order valence-corrected chi connectivity index (χ1v) is 9.07. The van der Waals surface area contributed by atoms with E-state index in [0.717, 1.165) is 4.90 Å². The van der Waals surface area contributed by atoms with Gasteiger partial charge in [-0.3, -0.25) is 14.5 Å². The van der Waals surface area contributed by atoms with Crippen molar-refractivity contribution in [2.45, 2.75) is 13.5 Å². The van der Waals surface area contributed by atoms with Crippen molar-refractivity contribution in [3.8, 4) is 17.6 Å². The Morgan fingerprint density at radius 2 is 1.87 bits per heavy atom. The highest BCUT2D eigenvalue weighted by Gasteiger charge is 2.32. The quantitative estimate of drug-likeness (QED) is 0.560. The molecule has 0 N–H and O–H groups in total. The predicted molar refractivity (Wildman–Crippen MR) is 108 cm³/mol. The number of halogens is 1. The molecule has 1 aliphatic rings. The van der Waals surface area contributed by atoms with Gasteiger partial charge in [0, 0.05) is 18.2 Å². The summed E-state index contributed by atoms with van der Waals surface area (Å²) in [6.45, 7) is 1.60. The molecule has 3 rings (SSSR count). The Balaban J connectivity index is 1.92. The molecule has 1 heterocycles. The SMILES string of the molecule is COc1cc(/C=C2/C(=O)N(C)C(=O)C(C#N)=C2C)ccc1OCc1ccccc1F. The van der Waals surface area contributed by atoms with Crippen molar-refractivity contribution in [3.63, 3.8) is 0 Å². The lowest BCUT2D eigenvalue weighted by Gasteiger charge is -2.23. The second kappa shape index (κ2) is 8.62. The molecule has 0 fully saturated rings. The Kier molecular flexibility index (Phi) is 5.98. The van der Waals surface area contributed by atoms with Gasteiger partial charge < -0.3 is 9.47 Å². The van der Waals surface area contributed by atoms with Crippen molar-refractivity contribution < 1.29 is 23.5 Å². The van der Waals surface area contributed by atoms with Crippen LogP contribution in [0.15, 0.2) is 59.2 Å². The predicted octanol–water partition coefficient (Wildman–Crippen LogP) is 3.64. The average molecular weight is 406 g/mol. The van der Waals surface area contributed by atoms with Crippen molar-refractivity contribution in [2.24, 2.45) is 0 Å². The van der Waals surface area contributed by atoms with Gasteiger partial charge in [0.1, 0.15) is 24.1 Å². The van der Waals surface area contributed by atoms with Gasteiger partial charge in [0.15, 0.2) is 11.5 Å². The van der Waals surface area contributed by atoms with Crippen LogP contribution < -0.4 is 9.47 Å². The van der Waals surface area contributed by atoms with Crippen molar-refractivity contribution in [1.82, 2.24) is 4.90 Å². The fraction of sp³-hybridized carbons (Fsp3) is 0.174. The number of nitrogens with zero attached hydrogens (tertiary/aromatic N) is 2. The van der Waals surface area contributed by atoms with Crippen LogP contribution in [0.5, 0.6) is 11.5 Å². The highest BCUT2D eigenvalue weighted by molar-refractivity contribution is 6.19. The molecule has 0 saturated heterocycles. The van der Waals surface area contributed by atoms with Gasteiger partial charge >= 0.3 is 0 Å². The van der Waals surface area contributed by atoms with Crippen LogP contribution in [0, 0.1) is 17.1 Å². The van der Waals surface area contributed by atoms with Crippen molar-refractivity contribution in [1.29, 1.82) is 5.26 Å². The maximum Gasteiger partial charge on any atom is 0.271 e. The molecule has 0 unspecified atom stereocenters. The third kappa shape index (κ3) is 3.94. The third-order valence-electron chi connectivity index (χ3n) is 4.78. The molecule has 2 aromatic carbocycles. The van der Waals surface area contributed by atoms with Crippen LogP contribution in [-0.2, 0) is 16.2 Å². The number of rotatable bonds is 5. The zero-order valence-electron chi connectivity index (χ0n) is 16.7. The molecule has 6 nitrogen and oxygen atoms in total. The van der Waals surface area contributed by atoms with Crippen LogP contribution in [0.4, 0.5) is 4.39 Å². The third-order valence-corrected chi connectivity index (χ3v) is 4.78. The summed E-state index contributed by atoms with van der Waals surface area (Å²) >= 11 is 0. The van der Waals surface area contributed by atoms with Gasteiger partial charge in [-0.1, -0.05) is 24.3 Å². The van der Waals surface area contributed by atoms with Gasteiger partial charge in [0.2, 0.25) is 0 Å². The average Bonchev–Trinajstić information content (AvgIpc) is 2.75. The first-order chi connectivity index (χ1) is 14.4. The number of carbonyl (C=O) groups is 2. The second-order valence-corrected chi connectivity index (χ2v) is 6.63. The molecule has 7 heteroatoms. The van der Waals surface area contributed by atoms with E-state index >= 15 is 0 Å². The fourth-order valence-corrected chi connectivity index (χ4v) is 3.03. The van der Waals surface area contributed by atoms with Crippen LogP contribution in [-0.4, -0.2) is 30.9 Å². The molecule has 1 aliphatic heterocycles. The number of benzene rings is 2. The van der Waals surface area contributed by atoms with Crippen LogP contribution in [0.3, 0.4) is 0 Å². The summed E-state index contributed by atoms with van der Waals surface area (Å²) in [5, 5.41) is 9.25. The van der Waals surface area contributed by atoms with Gasteiger partial charge in [0.05, 0.1) is 7.11 Å². The summed E-state index contributed by atoms with van der Waals surface area (Å²) < 4.78 is 24.8. The lowest BCUT2D eigenvalue weighted by atomic mass is 9.94. The number of imide groups is 1. The van der Waals surface area contributed by atoms with E-state index in [1.165, 1.54) is 20.2 Å². The number of hydrogen-bond donors (Lipinski definition) is 0. The number of carbonyl (C=O) groups excluding carboxylic acids is 2. The van der Waals surface area contributed by atoms with Crippen LogP contribution in [0.25, 0.3) is 6.08 Å². The van der Waals surface area contributed by atoms with E-state index in [1.54, 1.807) is 49.4 Å². The molecule has 0 aliphatic carbocycles. The van der Waals surface area contributed by atoms with E-state index in [0.29, 0.717) is 28.2 Å².